The highest BCUT2D eigenvalue weighted by Crippen LogP contribution is 2.29. The molecule has 0 aromatic heterocycles. The van der Waals surface area contributed by atoms with Crippen molar-refractivity contribution in [3.05, 3.63) is 88.4 Å². The molecule has 3 rings (SSSR count). The summed E-state index contributed by atoms with van der Waals surface area (Å²) in [6.07, 6.45) is 1.32. The number of esters is 1. The van der Waals surface area contributed by atoms with Gasteiger partial charge in [-0.1, -0.05) is 41.4 Å². The van der Waals surface area contributed by atoms with Gasteiger partial charge in [-0.2, -0.15) is 5.10 Å². The van der Waals surface area contributed by atoms with Crippen molar-refractivity contribution >= 4 is 41.3 Å². The fourth-order valence-electron chi connectivity index (χ4n) is 2.67. The van der Waals surface area contributed by atoms with E-state index in [1.165, 1.54) is 19.4 Å². The zero-order valence-corrected chi connectivity index (χ0v) is 18.6. The number of hydrogen-bond donors (Lipinski definition) is 2. The van der Waals surface area contributed by atoms with Crippen molar-refractivity contribution in [1.29, 1.82) is 0 Å². The van der Waals surface area contributed by atoms with E-state index in [0.29, 0.717) is 11.3 Å². The van der Waals surface area contributed by atoms with Crippen molar-refractivity contribution in [2.45, 2.75) is 6.92 Å². The van der Waals surface area contributed by atoms with E-state index in [2.05, 4.69) is 15.8 Å². The van der Waals surface area contributed by atoms with E-state index in [1.54, 1.807) is 48.5 Å². The molecule has 0 atom stereocenters. The van der Waals surface area contributed by atoms with Crippen molar-refractivity contribution in [3.63, 3.8) is 0 Å². The molecule has 33 heavy (non-hydrogen) atoms. The summed E-state index contributed by atoms with van der Waals surface area (Å²) in [5, 5.41) is 6.52. The number of carbonyl (C=O) groups excluding carboxylic acids is 3. The number of hydrazone groups is 1. The van der Waals surface area contributed by atoms with E-state index in [9.17, 15) is 14.4 Å². The van der Waals surface area contributed by atoms with E-state index in [0.717, 1.165) is 5.56 Å². The molecule has 0 heterocycles. The maximum atomic E-state index is 12.4. The maximum absolute atomic E-state index is 12.4. The number of rotatable bonds is 6. The van der Waals surface area contributed by atoms with Crippen LogP contribution < -0.4 is 20.2 Å². The smallest absolute Gasteiger partial charge is 0.345 e. The molecule has 3 aromatic rings. The quantitative estimate of drug-likeness (QED) is 0.188. The van der Waals surface area contributed by atoms with Crippen LogP contribution in [0.15, 0.2) is 71.8 Å². The predicted octanol–water partition coefficient (Wildman–Crippen LogP) is 3.97. The monoisotopic (exact) mass is 465 g/mol. The van der Waals surface area contributed by atoms with Crippen molar-refractivity contribution in [3.8, 4) is 11.5 Å². The Kier molecular flexibility index (Phi) is 7.77. The van der Waals surface area contributed by atoms with Crippen LogP contribution in [0.3, 0.4) is 0 Å². The maximum Gasteiger partial charge on any atom is 0.345 e. The SMILES string of the molecule is COc1cc(/C=N\NC(=O)C(=O)Nc2ccc(C)cc2)ccc1OC(=O)c1ccccc1Cl. The van der Waals surface area contributed by atoms with E-state index >= 15 is 0 Å². The van der Waals surface area contributed by atoms with Gasteiger partial charge in [0.1, 0.15) is 0 Å². The predicted molar refractivity (Wildman–Crippen MR) is 125 cm³/mol. The molecule has 168 valence electrons. The summed E-state index contributed by atoms with van der Waals surface area (Å²) in [7, 11) is 1.42. The molecule has 0 fully saturated rings. The highest BCUT2D eigenvalue weighted by Gasteiger charge is 2.16. The number of aryl methyl sites for hydroxylation is 1. The Labute approximate surface area is 195 Å². The summed E-state index contributed by atoms with van der Waals surface area (Å²) < 4.78 is 10.7. The Hall–Kier alpha value is -4.17. The summed E-state index contributed by atoms with van der Waals surface area (Å²) in [6, 6.07) is 18.2. The van der Waals surface area contributed by atoms with E-state index in [4.69, 9.17) is 21.1 Å². The topological polar surface area (TPSA) is 106 Å². The number of carbonyl (C=O) groups is 3. The number of benzene rings is 3. The molecule has 3 aromatic carbocycles. The molecule has 2 N–H and O–H groups in total. The van der Waals surface area contributed by atoms with Gasteiger partial charge in [0, 0.05) is 5.69 Å². The van der Waals surface area contributed by atoms with E-state index in [-0.39, 0.29) is 22.1 Å². The number of hydrogen-bond acceptors (Lipinski definition) is 6. The molecular weight excluding hydrogens is 446 g/mol. The van der Waals surface area contributed by atoms with Gasteiger partial charge >= 0.3 is 17.8 Å². The number of nitrogens with one attached hydrogen (secondary N) is 2. The van der Waals surface area contributed by atoms with Crippen molar-refractivity contribution in [2.75, 3.05) is 12.4 Å². The Morgan fingerprint density at radius 2 is 1.67 bits per heavy atom. The molecule has 0 spiro atoms. The molecule has 8 nitrogen and oxygen atoms in total. The van der Waals surface area contributed by atoms with Gasteiger partial charge in [0.05, 0.1) is 23.9 Å². The standard InChI is InChI=1S/C24H20ClN3O5/c1-15-7-10-17(11-8-15)27-22(29)23(30)28-26-14-16-9-12-20(21(13-16)32-2)33-24(31)18-5-3-4-6-19(18)25/h3-14H,1-2H3,(H,27,29)(H,28,30)/b26-14-. The number of methoxy groups -OCH3 is 1. The summed E-state index contributed by atoms with van der Waals surface area (Å²) >= 11 is 6.03. The molecule has 0 aliphatic heterocycles. The molecule has 0 aliphatic carbocycles. The van der Waals surface area contributed by atoms with Crippen molar-refractivity contribution in [2.24, 2.45) is 5.10 Å². The van der Waals surface area contributed by atoms with Gasteiger partial charge in [-0.25, -0.2) is 10.2 Å². The number of amides is 2. The Bertz CT molecular complexity index is 1210. The van der Waals surface area contributed by atoms with Gasteiger partial charge < -0.3 is 14.8 Å². The Morgan fingerprint density at radius 1 is 0.939 bits per heavy atom. The molecule has 0 saturated heterocycles. The average Bonchev–Trinajstić information content (AvgIpc) is 2.81. The molecule has 0 bridgehead atoms. The van der Waals surface area contributed by atoms with Crippen molar-refractivity contribution in [1.82, 2.24) is 5.43 Å². The van der Waals surface area contributed by atoms with Gasteiger partial charge in [-0.15, -0.1) is 0 Å². The lowest BCUT2D eigenvalue weighted by atomic mass is 10.2. The third kappa shape index (κ3) is 6.41. The van der Waals surface area contributed by atoms with E-state index in [1.807, 2.05) is 19.1 Å². The Morgan fingerprint density at radius 3 is 2.36 bits per heavy atom. The average molecular weight is 466 g/mol. The zero-order valence-electron chi connectivity index (χ0n) is 17.8. The third-order valence-corrected chi connectivity index (χ3v) is 4.71. The minimum absolute atomic E-state index is 0.182. The van der Waals surface area contributed by atoms with Crippen LogP contribution in [-0.2, 0) is 9.59 Å². The molecule has 0 radical (unpaired) electrons. The van der Waals surface area contributed by atoms with Crippen LogP contribution in [0, 0.1) is 6.92 Å². The van der Waals surface area contributed by atoms with Crippen LogP contribution in [0.25, 0.3) is 0 Å². The van der Waals surface area contributed by atoms with Gasteiger partial charge in [-0.05, 0) is 55.0 Å². The fraction of sp³-hybridized carbons (Fsp3) is 0.0833. The highest BCUT2D eigenvalue weighted by molar-refractivity contribution is 6.39. The second kappa shape index (κ2) is 10.9. The van der Waals surface area contributed by atoms with Crippen LogP contribution >= 0.6 is 11.6 Å². The number of nitrogens with zero attached hydrogens (tertiary/aromatic N) is 1. The van der Waals surface area contributed by atoms with Gasteiger partial charge in [0.15, 0.2) is 11.5 Å². The molecular formula is C24H20ClN3O5. The number of ether oxygens (including phenoxy) is 2. The fourth-order valence-corrected chi connectivity index (χ4v) is 2.88. The zero-order chi connectivity index (χ0) is 23.8. The first-order valence-corrected chi connectivity index (χ1v) is 10.1. The lowest BCUT2D eigenvalue weighted by molar-refractivity contribution is -0.136. The summed E-state index contributed by atoms with van der Waals surface area (Å²) in [4.78, 5) is 36.3. The van der Waals surface area contributed by atoms with Crippen LogP contribution in [-0.4, -0.2) is 31.1 Å². The molecule has 2 amide bonds. The van der Waals surface area contributed by atoms with Gasteiger partial charge in [0.2, 0.25) is 0 Å². The number of halogens is 1. The largest absolute Gasteiger partial charge is 0.493 e. The molecule has 0 aliphatic rings. The second-order valence-electron chi connectivity index (χ2n) is 6.80. The minimum atomic E-state index is -0.927. The second-order valence-corrected chi connectivity index (χ2v) is 7.21. The molecule has 0 saturated carbocycles. The number of anilines is 1. The third-order valence-electron chi connectivity index (χ3n) is 4.38. The summed E-state index contributed by atoms with van der Waals surface area (Å²) in [6.45, 7) is 1.91. The first-order chi connectivity index (χ1) is 15.9. The van der Waals surface area contributed by atoms with Crippen molar-refractivity contribution < 1.29 is 23.9 Å². The first-order valence-electron chi connectivity index (χ1n) is 9.73. The highest BCUT2D eigenvalue weighted by atomic mass is 35.5. The summed E-state index contributed by atoms with van der Waals surface area (Å²) in [5.74, 6) is -1.96. The normalized spacial score (nSPS) is 10.5. The molecule has 0 unspecified atom stereocenters. The lowest BCUT2D eigenvalue weighted by Crippen LogP contribution is -2.32. The summed E-state index contributed by atoms with van der Waals surface area (Å²) in [5.41, 5.74) is 4.43. The Balaban J connectivity index is 1.61. The van der Waals surface area contributed by atoms with Crippen LogP contribution in [0.5, 0.6) is 11.5 Å². The lowest BCUT2D eigenvalue weighted by Gasteiger charge is -2.10. The van der Waals surface area contributed by atoms with E-state index < -0.39 is 17.8 Å². The minimum Gasteiger partial charge on any atom is -0.493 e. The first kappa shape index (κ1) is 23.5. The van der Waals surface area contributed by atoms with Gasteiger partial charge in [-0.3, -0.25) is 9.59 Å². The molecule has 9 heteroatoms. The van der Waals surface area contributed by atoms with Crippen LogP contribution in [0.4, 0.5) is 5.69 Å². The van der Waals surface area contributed by atoms with Gasteiger partial charge in [0.25, 0.3) is 0 Å². The van der Waals surface area contributed by atoms with Crippen LogP contribution in [0.2, 0.25) is 5.02 Å². The van der Waals surface area contributed by atoms with Crippen LogP contribution in [0.1, 0.15) is 21.5 Å².